The van der Waals surface area contributed by atoms with Crippen molar-refractivity contribution in [3.05, 3.63) is 65.7 Å². The average molecular weight is 478 g/mol. The minimum absolute atomic E-state index is 0.0371. The van der Waals surface area contributed by atoms with Crippen molar-refractivity contribution < 1.29 is 31.7 Å². The lowest BCUT2D eigenvalue weighted by Crippen LogP contribution is -2.49. The van der Waals surface area contributed by atoms with Crippen LogP contribution in [0.25, 0.3) is 0 Å². The van der Waals surface area contributed by atoms with Crippen LogP contribution in [-0.2, 0) is 35.0 Å². The minimum atomic E-state index is -4.20. The number of benzene rings is 2. The number of ether oxygens (including phenoxy) is 2. The molecule has 0 heterocycles. The first-order valence-corrected chi connectivity index (χ1v) is 12.2. The molecule has 180 valence electrons. The molecule has 0 aliphatic rings. The Labute approximate surface area is 195 Å². The molecule has 0 fully saturated rings. The van der Waals surface area contributed by atoms with Gasteiger partial charge in [-0.05, 0) is 37.5 Å². The van der Waals surface area contributed by atoms with Gasteiger partial charge in [0.15, 0.2) is 0 Å². The van der Waals surface area contributed by atoms with E-state index in [4.69, 9.17) is 13.7 Å². The van der Waals surface area contributed by atoms with Crippen LogP contribution >= 0.6 is 0 Å². The predicted molar refractivity (Wildman–Crippen MR) is 123 cm³/mol. The van der Waals surface area contributed by atoms with Gasteiger partial charge >= 0.3 is 12.1 Å². The van der Waals surface area contributed by atoms with E-state index in [9.17, 15) is 18.0 Å². The first kappa shape index (κ1) is 26.3. The lowest BCUT2D eigenvalue weighted by Gasteiger charge is -2.27. The smallest absolute Gasteiger partial charge is 0.407 e. The first-order chi connectivity index (χ1) is 15.7. The molecule has 2 rings (SSSR count). The number of nitrogens with one attached hydrogen (secondary N) is 1. The molecule has 0 aliphatic carbocycles. The highest BCUT2D eigenvalue weighted by Gasteiger charge is 2.32. The molecule has 0 radical (unpaired) electrons. The van der Waals surface area contributed by atoms with Crippen molar-refractivity contribution in [1.82, 2.24) is 5.32 Å². The Morgan fingerprint density at radius 2 is 1.67 bits per heavy atom. The zero-order valence-electron chi connectivity index (χ0n) is 19.2. The number of unbranched alkanes of at least 4 members (excludes halogenated alkanes) is 1. The number of hydrogen-bond acceptors (Lipinski definition) is 7. The number of aryl methyl sites for hydroxylation is 1. The third kappa shape index (κ3) is 9.23. The van der Waals surface area contributed by atoms with Crippen molar-refractivity contribution in [3.8, 4) is 0 Å². The van der Waals surface area contributed by atoms with Gasteiger partial charge in [0.25, 0.3) is 10.1 Å². The normalized spacial score (nSPS) is 13.1. The quantitative estimate of drug-likeness (QED) is 0.282. The predicted octanol–water partition coefficient (Wildman–Crippen LogP) is 3.77. The average Bonchev–Trinajstić information content (AvgIpc) is 2.77. The van der Waals surface area contributed by atoms with Gasteiger partial charge in [-0.1, -0.05) is 61.4 Å². The maximum atomic E-state index is 12.9. The second kappa shape index (κ2) is 13.0. The van der Waals surface area contributed by atoms with E-state index in [-0.39, 0.29) is 24.5 Å². The van der Waals surface area contributed by atoms with Gasteiger partial charge in [-0.2, -0.15) is 8.42 Å². The van der Waals surface area contributed by atoms with E-state index in [1.165, 1.54) is 19.1 Å². The Balaban J connectivity index is 2.30. The van der Waals surface area contributed by atoms with E-state index in [0.29, 0.717) is 6.42 Å². The molecule has 0 bridgehead atoms. The van der Waals surface area contributed by atoms with Crippen LogP contribution in [0.15, 0.2) is 59.5 Å². The van der Waals surface area contributed by atoms with E-state index in [1.54, 1.807) is 12.1 Å². The van der Waals surface area contributed by atoms with Crippen molar-refractivity contribution in [2.24, 2.45) is 0 Å². The largest absolute Gasteiger partial charge is 0.463 e. The minimum Gasteiger partial charge on any atom is -0.463 e. The van der Waals surface area contributed by atoms with Crippen LogP contribution in [0.3, 0.4) is 0 Å². The summed E-state index contributed by atoms with van der Waals surface area (Å²) in [6.07, 6.45) is -0.0914. The summed E-state index contributed by atoms with van der Waals surface area (Å²) in [6.45, 7) is 4.89. The van der Waals surface area contributed by atoms with E-state index in [2.05, 4.69) is 5.32 Å². The summed E-state index contributed by atoms with van der Waals surface area (Å²) in [5, 5.41) is 2.69. The summed E-state index contributed by atoms with van der Waals surface area (Å²) in [7, 11) is -4.20. The topological polar surface area (TPSA) is 108 Å². The van der Waals surface area contributed by atoms with Crippen LogP contribution < -0.4 is 5.32 Å². The molecular formula is C24H31NO7S. The van der Waals surface area contributed by atoms with Crippen LogP contribution in [0.2, 0.25) is 0 Å². The lowest BCUT2D eigenvalue weighted by atomic mass is 10.0. The molecule has 1 amide bonds. The van der Waals surface area contributed by atoms with E-state index in [0.717, 1.165) is 17.5 Å². The molecule has 33 heavy (non-hydrogen) atoms. The highest BCUT2D eigenvalue weighted by molar-refractivity contribution is 7.86. The Morgan fingerprint density at radius 3 is 2.27 bits per heavy atom. The van der Waals surface area contributed by atoms with Gasteiger partial charge in [-0.3, -0.25) is 8.98 Å². The third-order valence-corrected chi connectivity index (χ3v) is 6.14. The number of rotatable bonds is 12. The van der Waals surface area contributed by atoms with Gasteiger partial charge in [0.2, 0.25) is 0 Å². The highest BCUT2D eigenvalue weighted by atomic mass is 32.2. The van der Waals surface area contributed by atoms with Crippen molar-refractivity contribution in [2.45, 2.75) is 57.1 Å². The Morgan fingerprint density at radius 1 is 1.00 bits per heavy atom. The fraction of sp³-hybridized carbons (Fsp3) is 0.417. The summed E-state index contributed by atoms with van der Waals surface area (Å²) >= 11 is 0. The molecule has 2 aromatic rings. The fourth-order valence-corrected chi connectivity index (χ4v) is 4.08. The third-order valence-electron chi connectivity index (χ3n) is 4.79. The SMILES string of the molecule is CCCCOC(=O)NC(Cc1ccccc1)C(COC(C)=O)OS(=O)(=O)c1ccc(C)cc1. The van der Waals surface area contributed by atoms with Gasteiger partial charge in [-0.15, -0.1) is 0 Å². The molecule has 1 N–H and O–H groups in total. The van der Waals surface area contributed by atoms with Crippen molar-refractivity contribution in [2.75, 3.05) is 13.2 Å². The van der Waals surface area contributed by atoms with Crippen LogP contribution in [0.4, 0.5) is 4.79 Å². The first-order valence-electron chi connectivity index (χ1n) is 10.8. The standard InChI is InChI=1S/C24H31NO7S/c1-4-5-15-30-24(27)25-22(16-20-9-7-6-8-10-20)23(17-31-19(3)26)32-33(28,29)21-13-11-18(2)12-14-21/h6-14,22-23H,4-5,15-17H2,1-3H3,(H,25,27). The maximum absolute atomic E-state index is 12.9. The van der Waals surface area contributed by atoms with Gasteiger partial charge in [-0.25, -0.2) is 4.79 Å². The summed E-state index contributed by atoms with van der Waals surface area (Å²) < 4.78 is 41.7. The van der Waals surface area contributed by atoms with Gasteiger partial charge in [0, 0.05) is 6.92 Å². The summed E-state index contributed by atoms with van der Waals surface area (Å²) in [4.78, 5) is 23.8. The number of amides is 1. The van der Waals surface area contributed by atoms with E-state index < -0.39 is 34.3 Å². The Hall–Kier alpha value is -2.91. The number of alkyl carbamates (subject to hydrolysis) is 1. The van der Waals surface area contributed by atoms with Crippen LogP contribution in [0.1, 0.15) is 37.8 Å². The van der Waals surface area contributed by atoms with Crippen molar-refractivity contribution >= 4 is 22.2 Å². The van der Waals surface area contributed by atoms with Crippen molar-refractivity contribution in [3.63, 3.8) is 0 Å². The van der Waals surface area contributed by atoms with E-state index >= 15 is 0 Å². The lowest BCUT2D eigenvalue weighted by molar-refractivity contribution is -0.143. The van der Waals surface area contributed by atoms with Crippen LogP contribution in [0, 0.1) is 6.92 Å². The molecule has 2 atom stereocenters. The second-order valence-corrected chi connectivity index (χ2v) is 9.21. The molecular weight excluding hydrogens is 446 g/mol. The van der Waals surface area contributed by atoms with Gasteiger partial charge in [0.05, 0.1) is 17.5 Å². The summed E-state index contributed by atoms with van der Waals surface area (Å²) in [5.41, 5.74) is 1.73. The number of esters is 1. The molecule has 0 aromatic heterocycles. The van der Waals surface area contributed by atoms with Gasteiger partial charge in [0.1, 0.15) is 12.7 Å². The molecule has 2 aromatic carbocycles. The van der Waals surface area contributed by atoms with Gasteiger partial charge < -0.3 is 14.8 Å². The van der Waals surface area contributed by atoms with Crippen LogP contribution in [-0.4, -0.2) is 45.8 Å². The highest BCUT2D eigenvalue weighted by Crippen LogP contribution is 2.19. The monoisotopic (exact) mass is 477 g/mol. The molecule has 0 saturated heterocycles. The zero-order chi connectivity index (χ0) is 24.3. The number of carbonyl (C=O) groups is 2. The molecule has 0 saturated carbocycles. The number of carbonyl (C=O) groups excluding carboxylic acids is 2. The Bertz CT molecular complexity index is 991. The number of hydrogen-bond donors (Lipinski definition) is 1. The summed E-state index contributed by atoms with van der Waals surface area (Å²) in [6, 6.07) is 14.5. The molecule has 8 nitrogen and oxygen atoms in total. The Kier molecular flexibility index (Phi) is 10.3. The molecule has 9 heteroatoms. The second-order valence-electron chi connectivity index (χ2n) is 7.63. The maximum Gasteiger partial charge on any atom is 0.407 e. The zero-order valence-corrected chi connectivity index (χ0v) is 20.0. The molecule has 0 spiro atoms. The molecule has 2 unspecified atom stereocenters. The fourth-order valence-electron chi connectivity index (χ4n) is 2.98. The van der Waals surface area contributed by atoms with Crippen molar-refractivity contribution in [1.29, 1.82) is 0 Å². The summed E-state index contributed by atoms with van der Waals surface area (Å²) in [5.74, 6) is -0.597. The van der Waals surface area contributed by atoms with Crippen LogP contribution in [0.5, 0.6) is 0 Å². The van der Waals surface area contributed by atoms with E-state index in [1.807, 2.05) is 44.2 Å². The molecule has 0 aliphatic heterocycles.